The highest BCUT2D eigenvalue weighted by Crippen LogP contribution is 2.26. The molecule has 0 amide bonds. The number of rotatable bonds is 6. The summed E-state index contributed by atoms with van der Waals surface area (Å²) in [4.78, 5) is 9.36. The van der Waals surface area contributed by atoms with E-state index in [2.05, 4.69) is 20.0 Å². The second-order valence-electron chi connectivity index (χ2n) is 4.62. The predicted octanol–water partition coefficient (Wildman–Crippen LogP) is 1.35. The van der Waals surface area contributed by atoms with Crippen molar-refractivity contribution < 1.29 is 8.42 Å². The number of sulfonamides is 1. The summed E-state index contributed by atoms with van der Waals surface area (Å²) in [6.45, 7) is 4.26. The Kier molecular flexibility index (Phi) is 5.04. The fourth-order valence-corrected chi connectivity index (χ4v) is 4.79. The Morgan fingerprint density at radius 2 is 2.05 bits per heavy atom. The van der Waals surface area contributed by atoms with E-state index in [9.17, 15) is 8.42 Å². The summed E-state index contributed by atoms with van der Waals surface area (Å²) < 4.78 is 27.6. The molecule has 0 aliphatic rings. The van der Waals surface area contributed by atoms with Crippen LogP contribution in [-0.4, -0.2) is 25.4 Å². The van der Waals surface area contributed by atoms with Crippen LogP contribution in [0.2, 0.25) is 0 Å². The molecule has 0 atom stereocenters. The molecule has 6 nitrogen and oxygen atoms in total. The van der Waals surface area contributed by atoms with E-state index in [1.54, 1.807) is 33.2 Å². The van der Waals surface area contributed by atoms with E-state index < -0.39 is 10.0 Å². The number of hydrogen-bond acceptors (Lipinski definition) is 6. The first-order valence-corrected chi connectivity index (χ1v) is 8.80. The second kappa shape index (κ2) is 6.61. The third kappa shape index (κ3) is 3.85. The van der Waals surface area contributed by atoms with Crippen LogP contribution in [0.1, 0.15) is 22.0 Å². The van der Waals surface area contributed by atoms with Gasteiger partial charge in [0.2, 0.25) is 10.0 Å². The molecule has 2 N–H and O–H groups in total. The summed E-state index contributed by atoms with van der Waals surface area (Å²) in [5.41, 5.74) is 1.41. The minimum atomic E-state index is -3.55. The van der Waals surface area contributed by atoms with Gasteiger partial charge in [0.05, 0.1) is 12.2 Å². The van der Waals surface area contributed by atoms with Crippen molar-refractivity contribution in [3.63, 3.8) is 0 Å². The van der Waals surface area contributed by atoms with E-state index in [0.29, 0.717) is 23.0 Å². The fraction of sp³-hybridized carbons (Fsp3) is 0.385. The molecule has 0 saturated heterocycles. The molecule has 114 valence electrons. The molecule has 21 heavy (non-hydrogen) atoms. The number of thiophene rings is 1. The van der Waals surface area contributed by atoms with Crippen molar-refractivity contribution in [1.29, 1.82) is 0 Å². The lowest BCUT2D eigenvalue weighted by Gasteiger charge is -2.09. The van der Waals surface area contributed by atoms with Gasteiger partial charge in [-0.05, 0) is 37.9 Å². The topological polar surface area (TPSA) is 84.0 Å². The highest BCUT2D eigenvalue weighted by molar-refractivity contribution is 7.89. The molecule has 0 aromatic carbocycles. The van der Waals surface area contributed by atoms with Crippen LogP contribution in [0.3, 0.4) is 0 Å². The van der Waals surface area contributed by atoms with Crippen LogP contribution in [0.5, 0.6) is 0 Å². The highest BCUT2D eigenvalue weighted by Gasteiger charge is 2.22. The number of hydrogen-bond donors (Lipinski definition) is 2. The number of nitrogens with one attached hydrogen (secondary N) is 2. The Balaban J connectivity index is 2.21. The molecule has 0 saturated carbocycles. The van der Waals surface area contributed by atoms with Crippen molar-refractivity contribution in [2.45, 2.75) is 31.8 Å². The summed E-state index contributed by atoms with van der Waals surface area (Å²) in [5, 5.41) is 4.85. The number of aryl methyl sites for hydroxylation is 2. The van der Waals surface area contributed by atoms with Crippen LogP contribution in [0.4, 0.5) is 0 Å². The molecule has 0 unspecified atom stereocenters. The zero-order valence-electron chi connectivity index (χ0n) is 12.2. The van der Waals surface area contributed by atoms with E-state index >= 15 is 0 Å². The standard InChI is InChI=1S/C13H18N4O2S2/c1-9-8-20-12(7-14-3)13(9)21(18,19)16-6-11-4-5-15-10(2)17-11/h4-5,8,14,16H,6-7H2,1-3H3. The van der Waals surface area contributed by atoms with Crippen LogP contribution in [-0.2, 0) is 23.1 Å². The van der Waals surface area contributed by atoms with Crippen LogP contribution in [0, 0.1) is 13.8 Å². The zero-order valence-corrected chi connectivity index (χ0v) is 13.8. The van der Waals surface area contributed by atoms with E-state index in [-0.39, 0.29) is 6.54 Å². The monoisotopic (exact) mass is 326 g/mol. The van der Waals surface area contributed by atoms with Gasteiger partial charge in [-0.15, -0.1) is 11.3 Å². The van der Waals surface area contributed by atoms with E-state index in [0.717, 1.165) is 10.4 Å². The maximum absolute atomic E-state index is 12.5. The molecule has 2 aromatic rings. The normalized spacial score (nSPS) is 11.8. The molecular weight excluding hydrogens is 308 g/mol. The lowest BCUT2D eigenvalue weighted by atomic mass is 10.3. The molecule has 2 aromatic heterocycles. The van der Waals surface area contributed by atoms with Crippen molar-refractivity contribution in [2.75, 3.05) is 7.05 Å². The zero-order chi connectivity index (χ0) is 15.5. The molecular formula is C13H18N4O2S2. The summed E-state index contributed by atoms with van der Waals surface area (Å²) in [6.07, 6.45) is 1.62. The summed E-state index contributed by atoms with van der Waals surface area (Å²) in [7, 11) is -1.76. The highest BCUT2D eigenvalue weighted by atomic mass is 32.2. The van der Waals surface area contributed by atoms with Crippen molar-refractivity contribution >= 4 is 21.4 Å². The van der Waals surface area contributed by atoms with E-state index in [1.165, 1.54) is 11.3 Å². The van der Waals surface area contributed by atoms with Crippen molar-refractivity contribution in [3.8, 4) is 0 Å². The number of aromatic nitrogens is 2. The Morgan fingerprint density at radius 3 is 2.71 bits per heavy atom. The summed E-state index contributed by atoms with van der Waals surface area (Å²) >= 11 is 1.44. The molecule has 0 aliphatic heterocycles. The van der Waals surface area contributed by atoms with Gasteiger partial charge in [0.25, 0.3) is 0 Å². The Morgan fingerprint density at radius 1 is 1.29 bits per heavy atom. The van der Waals surface area contributed by atoms with Gasteiger partial charge in [-0.1, -0.05) is 0 Å². The van der Waals surface area contributed by atoms with Gasteiger partial charge in [0.15, 0.2) is 0 Å². The first-order chi connectivity index (χ1) is 9.94. The lowest BCUT2D eigenvalue weighted by molar-refractivity contribution is 0.578. The van der Waals surface area contributed by atoms with Crippen LogP contribution in [0.15, 0.2) is 22.5 Å². The molecule has 0 bridgehead atoms. The average Bonchev–Trinajstić information content (AvgIpc) is 2.79. The summed E-state index contributed by atoms with van der Waals surface area (Å²) in [6, 6.07) is 1.70. The van der Waals surface area contributed by atoms with Gasteiger partial charge in [-0.25, -0.2) is 23.1 Å². The summed E-state index contributed by atoms with van der Waals surface area (Å²) in [5.74, 6) is 0.620. The van der Waals surface area contributed by atoms with Gasteiger partial charge in [-0.3, -0.25) is 0 Å². The van der Waals surface area contributed by atoms with Gasteiger partial charge < -0.3 is 5.32 Å². The molecule has 2 heterocycles. The third-order valence-corrected chi connectivity index (χ3v) is 5.74. The Bertz CT molecular complexity index is 726. The average molecular weight is 326 g/mol. The van der Waals surface area contributed by atoms with Crippen LogP contribution in [0.25, 0.3) is 0 Å². The fourth-order valence-electron chi connectivity index (χ4n) is 1.98. The van der Waals surface area contributed by atoms with E-state index in [4.69, 9.17) is 0 Å². The SMILES string of the molecule is CNCc1scc(C)c1S(=O)(=O)NCc1ccnc(C)n1. The van der Waals surface area contributed by atoms with Gasteiger partial charge in [0, 0.05) is 17.6 Å². The molecule has 8 heteroatoms. The lowest BCUT2D eigenvalue weighted by Crippen LogP contribution is -2.25. The third-order valence-electron chi connectivity index (χ3n) is 2.87. The minimum absolute atomic E-state index is 0.153. The van der Waals surface area contributed by atoms with Gasteiger partial charge in [0.1, 0.15) is 10.7 Å². The molecule has 0 aliphatic carbocycles. The molecule has 0 radical (unpaired) electrons. The van der Waals surface area contributed by atoms with Crippen molar-refractivity contribution in [2.24, 2.45) is 0 Å². The van der Waals surface area contributed by atoms with Gasteiger partial charge in [-0.2, -0.15) is 0 Å². The van der Waals surface area contributed by atoms with Crippen LogP contribution < -0.4 is 10.0 Å². The van der Waals surface area contributed by atoms with Crippen molar-refractivity contribution in [1.82, 2.24) is 20.0 Å². The van der Waals surface area contributed by atoms with Crippen LogP contribution >= 0.6 is 11.3 Å². The minimum Gasteiger partial charge on any atom is -0.315 e. The maximum Gasteiger partial charge on any atom is 0.242 e. The van der Waals surface area contributed by atoms with Crippen molar-refractivity contribution in [3.05, 3.63) is 39.6 Å². The number of nitrogens with zero attached hydrogens (tertiary/aromatic N) is 2. The molecule has 0 fully saturated rings. The Hall–Kier alpha value is -1.35. The molecule has 2 rings (SSSR count). The smallest absolute Gasteiger partial charge is 0.242 e. The van der Waals surface area contributed by atoms with E-state index in [1.807, 2.05) is 5.38 Å². The largest absolute Gasteiger partial charge is 0.315 e. The maximum atomic E-state index is 12.5. The predicted molar refractivity (Wildman–Crippen MR) is 82.6 cm³/mol. The quantitative estimate of drug-likeness (QED) is 0.837. The first kappa shape index (κ1) is 16.0. The first-order valence-electron chi connectivity index (χ1n) is 6.44. The second-order valence-corrected chi connectivity index (χ2v) is 7.29. The van der Waals surface area contributed by atoms with Gasteiger partial charge >= 0.3 is 0 Å². The Labute approximate surface area is 128 Å². The molecule has 0 spiro atoms.